The van der Waals surface area contributed by atoms with Gasteiger partial charge in [0.25, 0.3) is 0 Å². The predicted octanol–water partition coefficient (Wildman–Crippen LogP) is 2.02. The number of aromatic nitrogens is 3. The number of aryl methyl sites for hydroxylation is 2. The van der Waals surface area contributed by atoms with Crippen LogP contribution in [0.3, 0.4) is 0 Å². The number of rotatable bonds is 0. The first-order chi connectivity index (χ1) is 6.09. The molecular weight excluding hydrogens is 284 g/mol. The second-order valence-electron chi connectivity index (χ2n) is 2.84. The smallest absolute Gasteiger partial charge is 0.159 e. The monoisotopic (exact) mass is 291 g/mol. The fourth-order valence-corrected chi connectivity index (χ4v) is 1.92. The van der Waals surface area contributed by atoms with Gasteiger partial charge >= 0.3 is 0 Å². The average molecular weight is 291 g/mol. The Morgan fingerprint density at radius 2 is 2.23 bits per heavy atom. The third-order valence-electron chi connectivity index (χ3n) is 1.90. The van der Waals surface area contributed by atoms with Gasteiger partial charge < -0.3 is 0 Å². The van der Waals surface area contributed by atoms with Crippen LogP contribution in [0, 0.1) is 16.4 Å². The van der Waals surface area contributed by atoms with Crippen molar-refractivity contribution in [1.29, 1.82) is 0 Å². The van der Waals surface area contributed by atoms with Gasteiger partial charge in [-0.1, -0.05) is 0 Å². The highest BCUT2D eigenvalue weighted by Crippen LogP contribution is 2.19. The van der Waals surface area contributed by atoms with Gasteiger partial charge in [-0.25, -0.2) is 14.1 Å². The van der Waals surface area contributed by atoms with Gasteiger partial charge in [0.15, 0.2) is 5.65 Å². The zero-order chi connectivity index (χ0) is 9.59. The molecule has 0 saturated heterocycles. The minimum absolute atomic E-state index is 0.279. The summed E-state index contributed by atoms with van der Waals surface area (Å²) < 4.78 is 15.6. The summed E-state index contributed by atoms with van der Waals surface area (Å²) in [5.74, 6) is -0.279. The Hall–Kier alpha value is -0.720. The van der Waals surface area contributed by atoms with E-state index in [4.69, 9.17) is 0 Å². The van der Waals surface area contributed by atoms with Crippen LogP contribution in [0.2, 0.25) is 0 Å². The standard InChI is InChI=1S/C8H7FIN3/c1-4-6(9)3-5-7(10)12-13(2)8(5)11-4/h3H,1-2H3. The minimum atomic E-state index is -0.279. The first-order valence-corrected chi connectivity index (χ1v) is 4.83. The van der Waals surface area contributed by atoms with Crippen molar-refractivity contribution in [3.8, 4) is 0 Å². The van der Waals surface area contributed by atoms with Crippen molar-refractivity contribution in [2.75, 3.05) is 0 Å². The number of hydrogen-bond acceptors (Lipinski definition) is 2. The van der Waals surface area contributed by atoms with E-state index in [1.807, 2.05) is 0 Å². The SMILES string of the molecule is Cc1nc2c(cc1F)c(I)nn2C. The van der Waals surface area contributed by atoms with Crippen LogP contribution in [0.1, 0.15) is 5.69 Å². The fourth-order valence-electron chi connectivity index (χ4n) is 1.20. The molecule has 0 amide bonds. The number of pyridine rings is 1. The molecule has 13 heavy (non-hydrogen) atoms. The van der Waals surface area contributed by atoms with E-state index in [9.17, 15) is 4.39 Å². The van der Waals surface area contributed by atoms with Gasteiger partial charge in [0.2, 0.25) is 0 Å². The Balaban J connectivity index is 2.91. The zero-order valence-electron chi connectivity index (χ0n) is 7.17. The first kappa shape index (κ1) is 8.86. The molecule has 0 aliphatic heterocycles. The van der Waals surface area contributed by atoms with Crippen molar-refractivity contribution in [3.05, 3.63) is 21.3 Å². The molecule has 0 atom stereocenters. The number of nitrogens with zero attached hydrogens (tertiary/aromatic N) is 3. The quantitative estimate of drug-likeness (QED) is 0.695. The summed E-state index contributed by atoms with van der Waals surface area (Å²) in [4.78, 5) is 4.12. The van der Waals surface area contributed by atoms with Gasteiger partial charge in [0.1, 0.15) is 9.52 Å². The Bertz CT molecular complexity index is 436. The van der Waals surface area contributed by atoms with Gasteiger partial charge in [-0.05, 0) is 35.6 Å². The second kappa shape index (κ2) is 2.90. The van der Waals surface area contributed by atoms with E-state index < -0.39 is 0 Å². The molecule has 0 saturated carbocycles. The Morgan fingerprint density at radius 1 is 1.54 bits per heavy atom. The molecule has 0 spiro atoms. The molecular formula is C8H7FIN3. The van der Waals surface area contributed by atoms with E-state index in [0.29, 0.717) is 5.69 Å². The average Bonchev–Trinajstić information content (AvgIpc) is 2.31. The molecule has 2 rings (SSSR count). The Labute approximate surface area is 88.1 Å². The zero-order valence-corrected chi connectivity index (χ0v) is 9.33. The predicted molar refractivity (Wildman–Crippen MR) is 55.9 cm³/mol. The van der Waals surface area contributed by atoms with Gasteiger partial charge in [-0.15, -0.1) is 0 Å². The van der Waals surface area contributed by atoms with Crippen LogP contribution in [0.4, 0.5) is 4.39 Å². The van der Waals surface area contributed by atoms with Crippen molar-refractivity contribution >= 4 is 33.6 Å². The Kier molecular flexibility index (Phi) is 1.98. The first-order valence-electron chi connectivity index (χ1n) is 3.75. The highest BCUT2D eigenvalue weighted by molar-refractivity contribution is 14.1. The maximum Gasteiger partial charge on any atom is 0.159 e. The van der Waals surface area contributed by atoms with E-state index in [-0.39, 0.29) is 5.82 Å². The molecule has 68 valence electrons. The molecule has 2 aromatic rings. The van der Waals surface area contributed by atoms with Crippen LogP contribution >= 0.6 is 22.6 Å². The molecule has 0 radical (unpaired) electrons. The molecule has 0 N–H and O–H groups in total. The third kappa shape index (κ3) is 1.31. The van der Waals surface area contributed by atoms with Gasteiger partial charge in [0.05, 0.1) is 11.1 Å². The van der Waals surface area contributed by atoms with Crippen LogP contribution in [-0.2, 0) is 7.05 Å². The molecule has 5 heteroatoms. The molecule has 0 bridgehead atoms. The van der Waals surface area contributed by atoms with E-state index in [1.165, 1.54) is 6.07 Å². The minimum Gasteiger partial charge on any atom is -0.249 e. The summed E-state index contributed by atoms with van der Waals surface area (Å²) in [6.45, 7) is 1.65. The van der Waals surface area contributed by atoms with E-state index in [1.54, 1.807) is 18.7 Å². The third-order valence-corrected chi connectivity index (χ3v) is 2.69. The molecule has 0 aromatic carbocycles. The summed E-state index contributed by atoms with van der Waals surface area (Å²) in [5, 5.41) is 4.92. The normalized spacial score (nSPS) is 11.1. The number of hydrogen-bond donors (Lipinski definition) is 0. The van der Waals surface area contributed by atoms with E-state index >= 15 is 0 Å². The van der Waals surface area contributed by atoms with E-state index in [0.717, 1.165) is 14.7 Å². The largest absolute Gasteiger partial charge is 0.249 e. The van der Waals surface area contributed by atoms with Crippen LogP contribution in [0.25, 0.3) is 11.0 Å². The van der Waals surface area contributed by atoms with E-state index in [2.05, 4.69) is 32.7 Å². The topological polar surface area (TPSA) is 30.7 Å². The van der Waals surface area contributed by atoms with Crippen LogP contribution in [0.15, 0.2) is 6.07 Å². The second-order valence-corrected chi connectivity index (χ2v) is 3.86. The summed E-state index contributed by atoms with van der Waals surface area (Å²) in [6, 6.07) is 1.48. The van der Waals surface area contributed by atoms with Crippen molar-refractivity contribution in [2.45, 2.75) is 6.92 Å². The van der Waals surface area contributed by atoms with Crippen molar-refractivity contribution in [2.24, 2.45) is 7.05 Å². The number of halogens is 2. The maximum absolute atomic E-state index is 13.1. The van der Waals surface area contributed by atoms with Crippen LogP contribution < -0.4 is 0 Å². The molecule has 0 aliphatic carbocycles. The lowest BCUT2D eigenvalue weighted by Gasteiger charge is -1.96. The lowest BCUT2D eigenvalue weighted by molar-refractivity contribution is 0.612. The molecule has 0 unspecified atom stereocenters. The highest BCUT2D eigenvalue weighted by Gasteiger charge is 2.10. The lowest BCUT2D eigenvalue weighted by atomic mass is 10.3. The summed E-state index contributed by atoms with van der Waals surface area (Å²) >= 11 is 2.07. The van der Waals surface area contributed by atoms with Gasteiger partial charge in [-0.3, -0.25) is 0 Å². The maximum atomic E-state index is 13.1. The molecule has 3 nitrogen and oxygen atoms in total. The molecule has 2 heterocycles. The lowest BCUT2D eigenvalue weighted by Crippen LogP contribution is -1.94. The van der Waals surface area contributed by atoms with Crippen LogP contribution in [-0.4, -0.2) is 14.8 Å². The highest BCUT2D eigenvalue weighted by atomic mass is 127. The van der Waals surface area contributed by atoms with Crippen molar-refractivity contribution in [3.63, 3.8) is 0 Å². The molecule has 0 fully saturated rings. The van der Waals surface area contributed by atoms with Crippen LogP contribution in [0.5, 0.6) is 0 Å². The number of fused-ring (bicyclic) bond motifs is 1. The fraction of sp³-hybridized carbons (Fsp3) is 0.250. The van der Waals surface area contributed by atoms with Crippen molar-refractivity contribution < 1.29 is 4.39 Å². The van der Waals surface area contributed by atoms with Crippen molar-refractivity contribution in [1.82, 2.24) is 14.8 Å². The van der Waals surface area contributed by atoms with Gasteiger partial charge in [-0.2, -0.15) is 5.10 Å². The Morgan fingerprint density at radius 3 is 2.92 bits per heavy atom. The summed E-state index contributed by atoms with van der Waals surface area (Å²) in [6.07, 6.45) is 0. The van der Waals surface area contributed by atoms with Gasteiger partial charge in [0, 0.05) is 7.05 Å². The summed E-state index contributed by atoms with van der Waals surface area (Å²) in [7, 11) is 1.80. The molecule has 0 aliphatic rings. The summed E-state index contributed by atoms with van der Waals surface area (Å²) in [5.41, 5.74) is 1.13. The molecule has 2 aromatic heterocycles.